The minimum Gasteiger partial charge on any atom is -0.293 e. The quantitative estimate of drug-likeness (QED) is 0.464. The van der Waals surface area contributed by atoms with Crippen LogP contribution in [0.4, 0.5) is 0 Å². The normalized spacial score (nSPS) is 9.83. The molecule has 0 N–H and O–H groups in total. The second-order valence-corrected chi connectivity index (χ2v) is 2.72. The van der Waals surface area contributed by atoms with E-state index < -0.39 is 0 Å². The largest absolute Gasteiger partial charge is 0.293 e. The van der Waals surface area contributed by atoms with Crippen molar-refractivity contribution in [3.8, 4) is 0 Å². The topological polar surface area (TPSA) is 42.9 Å². The molecule has 0 atom stereocenters. The predicted molar refractivity (Wildman–Crippen MR) is 49.2 cm³/mol. The molecule has 3 nitrogen and oxygen atoms in total. The molecule has 0 radical (unpaired) electrons. The maximum atomic E-state index is 11.2. The van der Waals surface area contributed by atoms with E-state index in [1.54, 1.807) is 6.20 Å². The van der Waals surface area contributed by atoms with E-state index in [2.05, 4.69) is 9.97 Å². The van der Waals surface area contributed by atoms with E-state index in [1.807, 2.05) is 21.7 Å². The Hall–Kier alpha value is -1.19. The average molecular weight is 162 g/mol. The van der Waals surface area contributed by atoms with E-state index in [1.165, 1.54) is 0 Å². The van der Waals surface area contributed by atoms with Crippen molar-refractivity contribution in [2.45, 2.75) is 20.2 Å². The van der Waals surface area contributed by atoms with Gasteiger partial charge < -0.3 is 0 Å². The molecule has 0 saturated heterocycles. The Balaban J connectivity index is 3.09. The lowest BCUT2D eigenvalue weighted by Gasteiger charge is -2.01. The van der Waals surface area contributed by atoms with Crippen molar-refractivity contribution in [1.29, 1.82) is 0 Å². The Morgan fingerprint density at radius 3 is 2.75 bits per heavy atom. The van der Waals surface area contributed by atoms with Crippen LogP contribution in [-0.4, -0.2) is 23.6 Å². The fraction of sp³-hybridized carbons (Fsp3) is 0.375. The van der Waals surface area contributed by atoms with Crippen molar-refractivity contribution in [1.82, 2.24) is 9.97 Å². The van der Waals surface area contributed by atoms with Crippen LogP contribution in [0.1, 0.15) is 21.9 Å². The smallest absolute Gasteiger partial charge is 0.175 e. The summed E-state index contributed by atoms with van der Waals surface area (Å²) in [6.07, 6.45) is 2.11. The molecule has 0 aromatic carbocycles. The van der Waals surface area contributed by atoms with E-state index >= 15 is 0 Å². The predicted octanol–water partition coefficient (Wildman–Crippen LogP) is 0.328. The summed E-state index contributed by atoms with van der Waals surface area (Å²) >= 11 is 0. The first-order valence-electron chi connectivity index (χ1n) is 3.98. The summed E-state index contributed by atoms with van der Waals surface area (Å²) in [7, 11) is 1.82. The minimum atomic E-state index is 0.0556. The first-order chi connectivity index (χ1) is 5.65. The van der Waals surface area contributed by atoms with Gasteiger partial charge in [-0.2, -0.15) is 0 Å². The number of ketones is 1. The van der Waals surface area contributed by atoms with Gasteiger partial charge in [0, 0.05) is 6.20 Å². The maximum Gasteiger partial charge on any atom is 0.175 e. The molecule has 0 aliphatic rings. The number of hydrogen-bond donors (Lipinski definition) is 0. The molecule has 0 spiro atoms. The number of rotatable bonds is 2. The molecular formula is C8H11BN2O. The lowest BCUT2D eigenvalue weighted by atomic mass is 9.98. The fourth-order valence-corrected chi connectivity index (χ4v) is 1.04. The van der Waals surface area contributed by atoms with Gasteiger partial charge in [-0.3, -0.25) is 9.78 Å². The minimum absolute atomic E-state index is 0.0556. The third-order valence-electron chi connectivity index (χ3n) is 1.65. The first kappa shape index (κ1) is 8.91. The van der Waals surface area contributed by atoms with Gasteiger partial charge in [-0.1, -0.05) is 0 Å². The van der Waals surface area contributed by atoms with Gasteiger partial charge in [0.2, 0.25) is 0 Å². The molecular weight excluding hydrogens is 151 g/mol. The summed E-state index contributed by atoms with van der Waals surface area (Å²) < 4.78 is 0. The fourth-order valence-electron chi connectivity index (χ4n) is 1.04. The van der Waals surface area contributed by atoms with Crippen LogP contribution in [-0.2, 0) is 0 Å². The van der Waals surface area contributed by atoms with Crippen molar-refractivity contribution in [3.63, 3.8) is 0 Å². The summed E-state index contributed by atoms with van der Waals surface area (Å²) in [6, 6.07) is 0. The first-order valence-corrected chi connectivity index (χ1v) is 3.98. The third kappa shape index (κ3) is 1.70. The zero-order chi connectivity index (χ0) is 9.14. The lowest BCUT2D eigenvalue weighted by molar-refractivity contribution is 0.101. The van der Waals surface area contributed by atoms with Crippen molar-refractivity contribution in [2.24, 2.45) is 0 Å². The van der Waals surface area contributed by atoms with Crippen LogP contribution < -0.4 is 0 Å². The zero-order valence-electron chi connectivity index (χ0n) is 7.59. The highest BCUT2D eigenvalue weighted by Gasteiger charge is 2.08. The van der Waals surface area contributed by atoms with Crippen LogP contribution >= 0.6 is 0 Å². The molecule has 12 heavy (non-hydrogen) atoms. The number of carbonyl (C=O) groups excluding carboxylic acids is 1. The standard InChI is InChI=1S/C8H11BN2O/c1-5-4-10-8(6(2)11-5)7(12)3-9/h4H,3,9H2,1-2H3. The van der Waals surface area contributed by atoms with Crippen molar-refractivity contribution >= 4 is 13.6 Å². The SMILES string of the molecule is BCC(=O)c1ncc(C)nc1C. The molecule has 1 aromatic heterocycles. The number of aryl methyl sites for hydroxylation is 2. The molecule has 1 heterocycles. The molecule has 62 valence electrons. The van der Waals surface area contributed by atoms with Gasteiger partial charge in [0.1, 0.15) is 13.5 Å². The van der Waals surface area contributed by atoms with E-state index in [0.717, 1.165) is 11.4 Å². The van der Waals surface area contributed by atoms with Crippen LogP contribution in [0.2, 0.25) is 6.32 Å². The molecule has 0 unspecified atom stereocenters. The van der Waals surface area contributed by atoms with Crippen molar-refractivity contribution in [2.75, 3.05) is 0 Å². The average Bonchev–Trinajstić information content (AvgIpc) is 2.03. The summed E-state index contributed by atoms with van der Waals surface area (Å²) in [5.74, 6) is 0.0556. The van der Waals surface area contributed by atoms with Gasteiger partial charge >= 0.3 is 0 Å². The van der Waals surface area contributed by atoms with E-state index in [-0.39, 0.29) is 5.78 Å². The Morgan fingerprint density at radius 2 is 2.25 bits per heavy atom. The van der Waals surface area contributed by atoms with E-state index in [9.17, 15) is 4.79 Å². The molecule has 0 amide bonds. The van der Waals surface area contributed by atoms with E-state index in [0.29, 0.717) is 12.0 Å². The molecule has 1 rings (SSSR count). The van der Waals surface area contributed by atoms with Crippen LogP contribution in [0.25, 0.3) is 0 Å². The summed E-state index contributed by atoms with van der Waals surface area (Å²) in [4.78, 5) is 19.4. The van der Waals surface area contributed by atoms with Gasteiger partial charge in [0.05, 0.1) is 11.4 Å². The Kier molecular flexibility index (Phi) is 2.58. The highest BCUT2D eigenvalue weighted by atomic mass is 16.1. The number of hydrogen-bond acceptors (Lipinski definition) is 3. The molecule has 0 fully saturated rings. The number of carbonyl (C=O) groups is 1. The molecule has 0 aliphatic heterocycles. The lowest BCUT2D eigenvalue weighted by Crippen LogP contribution is -2.06. The zero-order valence-corrected chi connectivity index (χ0v) is 7.59. The van der Waals surface area contributed by atoms with Gasteiger partial charge in [-0.15, -0.1) is 0 Å². The van der Waals surface area contributed by atoms with Crippen molar-refractivity contribution in [3.05, 3.63) is 23.3 Å². The van der Waals surface area contributed by atoms with E-state index in [4.69, 9.17) is 0 Å². The molecule has 0 aliphatic carbocycles. The Labute approximate surface area is 72.6 Å². The second kappa shape index (κ2) is 3.47. The third-order valence-corrected chi connectivity index (χ3v) is 1.65. The molecule has 1 aromatic rings. The summed E-state index contributed by atoms with van der Waals surface area (Å²) in [5.41, 5.74) is 2.07. The number of aromatic nitrogens is 2. The van der Waals surface area contributed by atoms with Crippen LogP contribution in [0.5, 0.6) is 0 Å². The number of Topliss-reactive ketones (excluding diaryl/α,β-unsaturated/α-hetero) is 1. The summed E-state index contributed by atoms with van der Waals surface area (Å²) in [6.45, 7) is 3.67. The monoisotopic (exact) mass is 162 g/mol. The van der Waals surface area contributed by atoms with Gasteiger partial charge in [0.15, 0.2) is 5.78 Å². The van der Waals surface area contributed by atoms with Gasteiger partial charge in [-0.25, -0.2) is 4.98 Å². The Morgan fingerprint density at radius 1 is 1.58 bits per heavy atom. The van der Waals surface area contributed by atoms with Crippen LogP contribution in [0.3, 0.4) is 0 Å². The molecule has 0 saturated carbocycles. The Bertz CT molecular complexity index is 312. The second-order valence-electron chi connectivity index (χ2n) is 2.72. The van der Waals surface area contributed by atoms with Crippen LogP contribution in [0.15, 0.2) is 6.20 Å². The van der Waals surface area contributed by atoms with Gasteiger partial charge in [0.25, 0.3) is 0 Å². The molecule has 4 heteroatoms. The highest BCUT2D eigenvalue weighted by Crippen LogP contribution is 2.04. The van der Waals surface area contributed by atoms with Gasteiger partial charge in [-0.05, 0) is 20.2 Å². The van der Waals surface area contributed by atoms with Crippen LogP contribution in [0, 0.1) is 13.8 Å². The van der Waals surface area contributed by atoms with Crippen molar-refractivity contribution < 1.29 is 4.79 Å². The highest BCUT2D eigenvalue weighted by molar-refractivity contribution is 6.23. The summed E-state index contributed by atoms with van der Waals surface area (Å²) in [5, 5.41) is 0. The molecule has 0 bridgehead atoms. The number of nitrogens with zero attached hydrogens (tertiary/aromatic N) is 2. The maximum absolute atomic E-state index is 11.2.